The first-order chi connectivity index (χ1) is 19.6. The molecular formula is C37H63NO4. The van der Waals surface area contributed by atoms with Gasteiger partial charge >= 0.3 is 0 Å². The Hall–Kier alpha value is -1.59. The summed E-state index contributed by atoms with van der Waals surface area (Å²) in [6, 6.07) is -0.276. The second-order valence-electron chi connectivity index (χ2n) is 15.7. The number of ketones is 1. The molecule has 7 atom stereocenters. The number of hydrogen-bond donors (Lipinski definition) is 2. The number of allylic oxidation sites excluding steroid dienone is 2. The second-order valence-corrected chi connectivity index (χ2v) is 15.7. The molecule has 0 heterocycles. The molecule has 3 fully saturated rings. The Kier molecular flexibility index (Phi) is 12.0. The van der Waals surface area contributed by atoms with Gasteiger partial charge in [-0.05, 0) is 114 Å². The van der Waals surface area contributed by atoms with Gasteiger partial charge in [-0.2, -0.15) is 0 Å². The van der Waals surface area contributed by atoms with Gasteiger partial charge in [0.2, 0.25) is 0 Å². The summed E-state index contributed by atoms with van der Waals surface area (Å²) in [6.45, 7) is 28.2. The predicted molar refractivity (Wildman–Crippen MR) is 174 cm³/mol. The van der Waals surface area contributed by atoms with Crippen molar-refractivity contribution >= 4 is 5.78 Å². The highest BCUT2D eigenvalue weighted by Crippen LogP contribution is 2.72. The fraction of sp³-hybridized carbons (Fsp3) is 0.811. The molecule has 0 spiro atoms. The van der Waals surface area contributed by atoms with Crippen LogP contribution < -0.4 is 5.32 Å². The average Bonchev–Trinajstić information content (AvgIpc) is 3.22. The minimum atomic E-state index is -0.950. The van der Waals surface area contributed by atoms with Gasteiger partial charge < -0.3 is 19.9 Å². The molecule has 0 radical (unpaired) electrons. The summed E-state index contributed by atoms with van der Waals surface area (Å²) >= 11 is 0. The van der Waals surface area contributed by atoms with Gasteiger partial charge in [-0.15, -0.1) is 6.58 Å². The fourth-order valence-corrected chi connectivity index (χ4v) is 7.98. The van der Waals surface area contributed by atoms with Crippen molar-refractivity contribution in [1.29, 1.82) is 0 Å². The monoisotopic (exact) mass is 585 g/mol. The highest BCUT2D eigenvalue weighted by molar-refractivity contribution is 5.88. The fourth-order valence-electron chi connectivity index (χ4n) is 7.98. The molecule has 3 aliphatic carbocycles. The quantitative estimate of drug-likeness (QED) is 0.0961. The third-order valence-corrected chi connectivity index (χ3v) is 10.7. The molecule has 42 heavy (non-hydrogen) atoms. The second kappa shape index (κ2) is 14.5. The van der Waals surface area contributed by atoms with Crippen molar-refractivity contribution in [3.63, 3.8) is 0 Å². The van der Waals surface area contributed by atoms with Gasteiger partial charge in [0.25, 0.3) is 0 Å². The number of nitrogens with one attached hydrogen (secondary N) is 1. The van der Waals surface area contributed by atoms with Crippen molar-refractivity contribution in [1.82, 2.24) is 5.32 Å². The van der Waals surface area contributed by atoms with Gasteiger partial charge in [-0.1, -0.05) is 64.7 Å². The predicted octanol–water partition coefficient (Wildman–Crippen LogP) is 8.39. The molecule has 0 aliphatic heterocycles. The standard InChI is InChI=1S/C37H63NO4/c1-11-12-13-14-18-21-41-24-37(10,40)26(3)22-25(2)31-29(23-30-32(31)36(30,8)9)34(39)33(28-19-16-15-17-20-28)38-27(4)42-35(5,6)7/h11,26,28-33,38,40H,1-2,4,12-24H2,3,5-10H3/t26?,29?,30?,31-,32?,33?,37?/m0/s1. The molecular weight excluding hydrogens is 522 g/mol. The number of hydrogen-bond acceptors (Lipinski definition) is 5. The van der Waals surface area contributed by atoms with E-state index in [1.54, 1.807) is 0 Å². The lowest BCUT2D eigenvalue weighted by Gasteiger charge is -2.37. The Morgan fingerprint density at radius 1 is 1.10 bits per heavy atom. The van der Waals surface area contributed by atoms with Crippen molar-refractivity contribution in [3.8, 4) is 0 Å². The van der Waals surface area contributed by atoms with E-state index in [9.17, 15) is 9.90 Å². The van der Waals surface area contributed by atoms with Crippen LogP contribution in [0.2, 0.25) is 0 Å². The molecule has 0 saturated heterocycles. The van der Waals surface area contributed by atoms with E-state index in [1.165, 1.54) is 19.3 Å². The molecule has 5 heteroatoms. The largest absolute Gasteiger partial charge is 0.474 e. The summed E-state index contributed by atoms with van der Waals surface area (Å²) in [4.78, 5) is 14.5. The van der Waals surface area contributed by atoms with Crippen LogP contribution in [0.4, 0.5) is 0 Å². The lowest BCUT2D eigenvalue weighted by atomic mass is 9.71. The maximum Gasteiger partial charge on any atom is 0.180 e. The van der Waals surface area contributed by atoms with Gasteiger partial charge in [0, 0.05) is 12.5 Å². The summed E-state index contributed by atoms with van der Waals surface area (Å²) in [5.41, 5.74) is 0.0326. The Bertz CT molecular complexity index is 938. The normalized spacial score (nSPS) is 28.2. The molecule has 240 valence electrons. The molecule has 0 bridgehead atoms. The van der Waals surface area contributed by atoms with Crippen molar-refractivity contribution in [2.75, 3.05) is 13.2 Å². The SMILES string of the molecule is C=CCCCCCOCC(C)(O)C(C)CC(=C)[C@H]1C(C(=O)C(NC(=C)OC(C)(C)C)C2CCCCC2)CC2C1C2(C)C. The van der Waals surface area contributed by atoms with Gasteiger partial charge in [0.1, 0.15) is 5.60 Å². The van der Waals surface area contributed by atoms with Crippen molar-refractivity contribution < 1.29 is 19.4 Å². The van der Waals surface area contributed by atoms with E-state index in [4.69, 9.17) is 9.47 Å². The number of fused-ring (bicyclic) bond motifs is 1. The highest BCUT2D eigenvalue weighted by Gasteiger charge is 2.68. The summed E-state index contributed by atoms with van der Waals surface area (Å²) in [7, 11) is 0. The maximum absolute atomic E-state index is 14.5. The van der Waals surface area contributed by atoms with Crippen LogP contribution in [-0.4, -0.2) is 41.3 Å². The lowest BCUT2D eigenvalue weighted by Crippen LogP contribution is -2.48. The Morgan fingerprint density at radius 3 is 2.38 bits per heavy atom. The molecule has 3 rings (SSSR count). The van der Waals surface area contributed by atoms with Gasteiger partial charge in [-0.3, -0.25) is 4.79 Å². The van der Waals surface area contributed by atoms with Crippen LogP contribution in [-0.2, 0) is 14.3 Å². The van der Waals surface area contributed by atoms with Gasteiger partial charge in [-0.25, -0.2) is 0 Å². The summed E-state index contributed by atoms with van der Waals surface area (Å²) < 4.78 is 12.0. The third kappa shape index (κ3) is 8.97. The molecule has 0 amide bonds. The number of rotatable bonds is 18. The first-order valence-corrected chi connectivity index (χ1v) is 16.9. The van der Waals surface area contributed by atoms with Gasteiger partial charge in [0.05, 0.1) is 18.2 Å². The zero-order chi connectivity index (χ0) is 31.3. The zero-order valence-electron chi connectivity index (χ0n) is 28.1. The van der Waals surface area contributed by atoms with E-state index in [-0.39, 0.29) is 34.8 Å². The average molecular weight is 586 g/mol. The molecule has 3 aliphatic rings. The zero-order valence-corrected chi connectivity index (χ0v) is 28.1. The number of unbranched alkanes of at least 4 members (excludes halogenated alkanes) is 3. The number of ether oxygens (including phenoxy) is 2. The Morgan fingerprint density at radius 2 is 1.76 bits per heavy atom. The van der Waals surface area contributed by atoms with E-state index < -0.39 is 5.60 Å². The molecule has 0 aromatic rings. The highest BCUT2D eigenvalue weighted by atomic mass is 16.5. The van der Waals surface area contributed by atoms with Crippen LogP contribution in [0.25, 0.3) is 0 Å². The van der Waals surface area contributed by atoms with E-state index in [0.29, 0.717) is 49.1 Å². The van der Waals surface area contributed by atoms with E-state index in [2.05, 4.69) is 45.8 Å². The lowest BCUT2D eigenvalue weighted by molar-refractivity contribution is -0.128. The Labute approximate surface area is 258 Å². The molecule has 3 saturated carbocycles. The van der Waals surface area contributed by atoms with Crippen LogP contribution in [0.3, 0.4) is 0 Å². The number of carbonyl (C=O) groups excluding carboxylic acids is 1. The summed E-state index contributed by atoms with van der Waals surface area (Å²) in [5, 5.41) is 14.8. The van der Waals surface area contributed by atoms with Crippen LogP contribution >= 0.6 is 0 Å². The first-order valence-electron chi connectivity index (χ1n) is 16.9. The van der Waals surface area contributed by atoms with E-state index in [0.717, 1.165) is 50.5 Å². The molecule has 5 nitrogen and oxygen atoms in total. The van der Waals surface area contributed by atoms with Crippen LogP contribution in [0, 0.1) is 40.9 Å². The Balaban J connectivity index is 1.69. The van der Waals surface area contributed by atoms with Gasteiger partial charge in [0.15, 0.2) is 11.7 Å². The van der Waals surface area contributed by atoms with E-state index in [1.807, 2.05) is 33.8 Å². The maximum atomic E-state index is 14.5. The molecule has 6 unspecified atom stereocenters. The van der Waals surface area contributed by atoms with Crippen LogP contribution in [0.5, 0.6) is 0 Å². The van der Waals surface area contributed by atoms with Crippen LogP contribution in [0.15, 0.2) is 37.3 Å². The van der Waals surface area contributed by atoms with Crippen molar-refractivity contribution in [2.24, 2.45) is 40.9 Å². The molecule has 2 N–H and O–H groups in total. The molecule has 0 aromatic heterocycles. The minimum Gasteiger partial charge on any atom is -0.474 e. The number of carbonyl (C=O) groups is 1. The summed E-state index contributed by atoms with van der Waals surface area (Å²) in [5.74, 6) is 2.22. The number of Topliss-reactive ketones (excluding diaryl/α,β-unsaturated/α-hetero) is 1. The topological polar surface area (TPSA) is 67.8 Å². The van der Waals surface area contributed by atoms with Crippen LogP contribution in [0.1, 0.15) is 119 Å². The first kappa shape index (κ1) is 34.9. The number of aliphatic hydroxyl groups is 1. The van der Waals surface area contributed by atoms with Crippen molar-refractivity contribution in [3.05, 3.63) is 37.3 Å². The minimum absolute atomic E-state index is 0.0188. The van der Waals surface area contributed by atoms with E-state index >= 15 is 0 Å². The third-order valence-electron chi connectivity index (χ3n) is 10.7. The smallest absolute Gasteiger partial charge is 0.180 e. The summed E-state index contributed by atoms with van der Waals surface area (Å²) in [6.07, 6.45) is 13.6. The molecule has 0 aromatic carbocycles. The van der Waals surface area contributed by atoms with Crippen molar-refractivity contribution in [2.45, 2.75) is 136 Å².